The third-order valence-corrected chi connectivity index (χ3v) is 4.56. The van der Waals surface area contributed by atoms with Crippen molar-refractivity contribution in [1.82, 2.24) is 19.7 Å². The van der Waals surface area contributed by atoms with Crippen LogP contribution in [0.25, 0.3) is 5.82 Å². The molecule has 2 aromatic heterocycles. The summed E-state index contributed by atoms with van der Waals surface area (Å²) in [6.07, 6.45) is 1.44. The average molecular weight is 429 g/mol. The Hall–Kier alpha value is -4.04. The van der Waals surface area contributed by atoms with E-state index in [9.17, 15) is 4.79 Å². The number of rotatable bonds is 8. The van der Waals surface area contributed by atoms with Crippen molar-refractivity contribution < 1.29 is 14.3 Å². The van der Waals surface area contributed by atoms with Gasteiger partial charge >= 0.3 is 0 Å². The lowest BCUT2D eigenvalue weighted by Crippen LogP contribution is -2.18. The summed E-state index contributed by atoms with van der Waals surface area (Å²) in [6.45, 7) is 4.25. The van der Waals surface area contributed by atoms with Crippen molar-refractivity contribution in [1.29, 1.82) is 0 Å². The predicted octanol–water partition coefficient (Wildman–Crippen LogP) is 4.23. The number of amides is 1. The monoisotopic (exact) mass is 429 g/mol. The number of benzene rings is 2. The van der Waals surface area contributed by atoms with Crippen LogP contribution in [-0.4, -0.2) is 32.3 Å². The first-order valence-corrected chi connectivity index (χ1v) is 10.1. The van der Waals surface area contributed by atoms with Crippen molar-refractivity contribution in [3.05, 3.63) is 90.0 Å². The van der Waals surface area contributed by atoms with E-state index in [1.807, 2.05) is 50.2 Å². The number of nitrogens with zero attached hydrogens (tertiary/aromatic N) is 4. The molecule has 0 spiro atoms. The van der Waals surface area contributed by atoms with Gasteiger partial charge in [-0.15, -0.1) is 0 Å². The third kappa shape index (κ3) is 5.55. The Morgan fingerprint density at radius 1 is 1.00 bits per heavy atom. The van der Waals surface area contributed by atoms with Gasteiger partial charge in [0.1, 0.15) is 18.7 Å². The quantitative estimate of drug-likeness (QED) is 0.451. The molecule has 0 fully saturated rings. The molecule has 8 nitrogen and oxygen atoms in total. The van der Waals surface area contributed by atoms with Gasteiger partial charge in [0.25, 0.3) is 0 Å². The lowest BCUT2D eigenvalue weighted by atomic mass is 10.2. The van der Waals surface area contributed by atoms with Crippen molar-refractivity contribution in [2.75, 3.05) is 11.9 Å². The number of ether oxygens (including phenoxy) is 2. The van der Waals surface area contributed by atoms with Gasteiger partial charge in [-0.05, 0) is 49.7 Å². The molecule has 0 aliphatic rings. The fourth-order valence-corrected chi connectivity index (χ4v) is 3.12. The standard InChI is InChI=1S/C24H23N5O3/c1-17-12-18(2)29(28-17)22-13-24(26-16-25-22)32-21-10-8-20(9-11-21)27-23(30)15-31-14-19-6-4-3-5-7-19/h3-13,16H,14-15H2,1-2H3,(H,27,30). The summed E-state index contributed by atoms with van der Waals surface area (Å²) in [4.78, 5) is 20.5. The van der Waals surface area contributed by atoms with E-state index in [0.717, 1.165) is 17.0 Å². The van der Waals surface area contributed by atoms with Gasteiger partial charge in [-0.25, -0.2) is 14.6 Å². The van der Waals surface area contributed by atoms with Crippen LogP contribution < -0.4 is 10.1 Å². The maximum Gasteiger partial charge on any atom is 0.250 e. The van der Waals surface area contributed by atoms with E-state index in [2.05, 4.69) is 20.4 Å². The highest BCUT2D eigenvalue weighted by Gasteiger charge is 2.08. The molecule has 0 atom stereocenters. The molecule has 2 aromatic carbocycles. The maximum absolute atomic E-state index is 12.1. The molecule has 32 heavy (non-hydrogen) atoms. The SMILES string of the molecule is Cc1cc(C)n(-c2cc(Oc3ccc(NC(=O)COCc4ccccc4)cc3)ncn2)n1. The minimum Gasteiger partial charge on any atom is -0.439 e. The van der Waals surface area contributed by atoms with Crippen molar-refractivity contribution in [3.8, 4) is 17.4 Å². The first kappa shape index (κ1) is 21.2. The van der Waals surface area contributed by atoms with Gasteiger partial charge in [0, 0.05) is 17.4 Å². The van der Waals surface area contributed by atoms with Crippen LogP contribution in [0.3, 0.4) is 0 Å². The zero-order valence-corrected chi connectivity index (χ0v) is 17.9. The molecule has 4 rings (SSSR count). The second-order valence-corrected chi connectivity index (χ2v) is 7.21. The zero-order chi connectivity index (χ0) is 22.3. The normalized spacial score (nSPS) is 10.7. The molecule has 2 heterocycles. The van der Waals surface area contributed by atoms with Crippen LogP contribution in [0.2, 0.25) is 0 Å². The summed E-state index contributed by atoms with van der Waals surface area (Å²) >= 11 is 0. The van der Waals surface area contributed by atoms with Crippen molar-refractivity contribution in [2.45, 2.75) is 20.5 Å². The summed E-state index contributed by atoms with van der Waals surface area (Å²) < 4.78 is 13.0. The van der Waals surface area contributed by atoms with Crippen molar-refractivity contribution in [3.63, 3.8) is 0 Å². The van der Waals surface area contributed by atoms with Gasteiger partial charge in [0.05, 0.1) is 12.3 Å². The van der Waals surface area contributed by atoms with Gasteiger partial charge in [-0.3, -0.25) is 4.79 Å². The number of aryl methyl sites for hydroxylation is 2. The molecule has 0 saturated heterocycles. The largest absolute Gasteiger partial charge is 0.439 e. The van der Waals surface area contributed by atoms with Crippen molar-refractivity contribution >= 4 is 11.6 Å². The number of anilines is 1. The number of nitrogens with one attached hydrogen (secondary N) is 1. The number of hydrogen-bond donors (Lipinski definition) is 1. The first-order chi connectivity index (χ1) is 15.6. The highest BCUT2D eigenvalue weighted by Crippen LogP contribution is 2.22. The summed E-state index contributed by atoms with van der Waals surface area (Å²) in [5.74, 6) is 1.38. The number of hydrogen-bond acceptors (Lipinski definition) is 6. The molecule has 0 aliphatic carbocycles. The second-order valence-electron chi connectivity index (χ2n) is 7.21. The summed E-state index contributed by atoms with van der Waals surface area (Å²) in [7, 11) is 0. The second kappa shape index (κ2) is 9.84. The van der Waals surface area contributed by atoms with Crippen molar-refractivity contribution in [2.24, 2.45) is 0 Å². The molecule has 8 heteroatoms. The van der Waals surface area contributed by atoms with Crippen LogP contribution >= 0.6 is 0 Å². The van der Waals surface area contributed by atoms with E-state index in [0.29, 0.717) is 29.7 Å². The molecule has 1 N–H and O–H groups in total. The molecule has 162 valence electrons. The predicted molar refractivity (Wildman–Crippen MR) is 120 cm³/mol. The summed E-state index contributed by atoms with van der Waals surface area (Å²) in [5.41, 5.74) is 3.55. The van der Waals surface area contributed by atoms with Crippen LogP contribution in [0.15, 0.2) is 73.1 Å². The number of aromatic nitrogens is 4. The molecule has 0 bridgehead atoms. The smallest absolute Gasteiger partial charge is 0.250 e. The summed E-state index contributed by atoms with van der Waals surface area (Å²) in [5, 5.41) is 7.23. The van der Waals surface area contributed by atoms with E-state index in [1.54, 1.807) is 35.0 Å². The lowest BCUT2D eigenvalue weighted by molar-refractivity contribution is -0.121. The lowest BCUT2D eigenvalue weighted by Gasteiger charge is -2.09. The van der Waals surface area contributed by atoms with Gasteiger partial charge in [-0.2, -0.15) is 5.10 Å². The fourth-order valence-electron chi connectivity index (χ4n) is 3.12. The van der Waals surface area contributed by atoms with E-state index < -0.39 is 0 Å². The van der Waals surface area contributed by atoms with Crippen LogP contribution in [0.5, 0.6) is 11.6 Å². The Balaban J connectivity index is 1.31. The Labute approximate surface area is 185 Å². The van der Waals surface area contributed by atoms with E-state index in [4.69, 9.17) is 9.47 Å². The first-order valence-electron chi connectivity index (χ1n) is 10.1. The Morgan fingerprint density at radius 2 is 1.78 bits per heavy atom. The van der Waals surface area contributed by atoms with Gasteiger partial charge in [0.2, 0.25) is 11.8 Å². The van der Waals surface area contributed by atoms with E-state index in [-0.39, 0.29) is 12.5 Å². The molecule has 1 amide bonds. The van der Waals surface area contributed by atoms with E-state index >= 15 is 0 Å². The van der Waals surface area contributed by atoms with Gasteiger partial charge < -0.3 is 14.8 Å². The number of carbonyl (C=O) groups excluding carboxylic acids is 1. The van der Waals surface area contributed by atoms with Gasteiger partial charge in [-0.1, -0.05) is 30.3 Å². The van der Waals surface area contributed by atoms with Crippen LogP contribution in [0.1, 0.15) is 17.0 Å². The highest BCUT2D eigenvalue weighted by molar-refractivity contribution is 5.91. The molecule has 0 radical (unpaired) electrons. The molecule has 0 aliphatic heterocycles. The molecular weight excluding hydrogens is 406 g/mol. The molecular formula is C24H23N5O3. The fraction of sp³-hybridized carbons (Fsp3) is 0.167. The van der Waals surface area contributed by atoms with Gasteiger partial charge in [0.15, 0.2) is 5.82 Å². The average Bonchev–Trinajstić information content (AvgIpc) is 3.14. The van der Waals surface area contributed by atoms with Crippen LogP contribution in [0.4, 0.5) is 5.69 Å². The van der Waals surface area contributed by atoms with Crippen LogP contribution in [0, 0.1) is 13.8 Å². The minimum absolute atomic E-state index is 0.0246. The molecule has 0 saturated carbocycles. The Kier molecular flexibility index (Phi) is 6.52. The molecule has 0 unspecified atom stereocenters. The Morgan fingerprint density at radius 3 is 2.50 bits per heavy atom. The highest BCUT2D eigenvalue weighted by atomic mass is 16.5. The summed E-state index contributed by atoms with van der Waals surface area (Å²) in [6, 6.07) is 20.4. The third-order valence-electron chi connectivity index (χ3n) is 4.56. The van der Waals surface area contributed by atoms with E-state index in [1.165, 1.54) is 6.33 Å². The van der Waals surface area contributed by atoms with Crippen LogP contribution in [-0.2, 0) is 16.1 Å². The Bertz CT molecular complexity index is 1190. The minimum atomic E-state index is -0.222. The maximum atomic E-state index is 12.1. The zero-order valence-electron chi connectivity index (χ0n) is 17.9. The molecule has 4 aromatic rings. The topological polar surface area (TPSA) is 91.2 Å². The number of carbonyl (C=O) groups is 1.